The Hall–Kier alpha value is -1.13. The van der Waals surface area contributed by atoms with Crippen LogP contribution in [0.3, 0.4) is 0 Å². The van der Waals surface area contributed by atoms with Gasteiger partial charge in [0.1, 0.15) is 6.17 Å². The van der Waals surface area contributed by atoms with Gasteiger partial charge < -0.3 is 5.32 Å². The summed E-state index contributed by atoms with van der Waals surface area (Å²) in [5.74, 6) is 0.324. The SMILES string of the molecule is C/C=C(/F)N[C@H]1NN=NCC(C)[C@@H]1C. The molecule has 1 aliphatic heterocycles. The third kappa shape index (κ3) is 2.68. The molecular formula is C9H17FN4. The van der Waals surface area contributed by atoms with E-state index in [-0.39, 0.29) is 18.0 Å². The van der Waals surface area contributed by atoms with E-state index in [9.17, 15) is 4.39 Å². The van der Waals surface area contributed by atoms with Gasteiger partial charge in [0.2, 0.25) is 0 Å². The standard InChI is InChI=1S/C9H17FN4/c1-4-8(10)12-9-7(3)6(2)5-11-14-13-9/h4,6-7,9,12H,5H2,1-3H3,(H,11,13)/b8-4-/t6?,7-,9-/m0/s1. The van der Waals surface area contributed by atoms with E-state index in [1.54, 1.807) is 6.92 Å². The Morgan fingerprint density at radius 1 is 1.57 bits per heavy atom. The zero-order valence-electron chi connectivity index (χ0n) is 8.79. The minimum absolute atomic E-state index is 0.188. The summed E-state index contributed by atoms with van der Waals surface area (Å²) in [4.78, 5) is 0. The lowest BCUT2D eigenvalue weighted by atomic mass is 9.93. The second kappa shape index (κ2) is 4.93. The highest BCUT2D eigenvalue weighted by molar-refractivity contribution is 4.90. The van der Waals surface area contributed by atoms with Crippen molar-refractivity contribution in [3.63, 3.8) is 0 Å². The van der Waals surface area contributed by atoms with Gasteiger partial charge in [-0.3, -0.25) is 5.43 Å². The van der Waals surface area contributed by atoms with Crippen LogP contribution in [0, 0.1) is 11.8 Å². The molecule has 1 aliphatic rings. The molecule has 4 nitrogen and oxygen atoms in total. The highest BCUT2D eigenvalue weighted by Gasteiger charge is 2.24. The molecular weight excluding hydrogens is 183 g/mol. The van der Waals surface area contributed by atoms with Crippen molar-refractivity contribution in [2.45, 2.75) is 26.9 Å². The number of allylic oxidation sites excluding steroid dienone is 1. The number of hydrogen-bond acceptors (Lipinski definition) is 4. The fourth-order valence-electron chi connectivity index (χ4n) is 1.28. The average molecular weight is 200 g/mol. The lowest BCUT2D eigenvalue weighted by molar-refractivity contribution is 0.267. The Labute approximate surface area is 83.6 Å². The number of halogens is 1. The molecule has 0 aliphatic carbocycles. The van der Waals surface area contributed by atoms with E-state index in [4.69, 9.17) is 0 Å². The predicted molar refractivity (Wildman–Crippen MR) is 53.0 cm³/mol. The lowest BCUT2D eigenvalue weighted by Gasteiger charge is -2.25. The van der Waals surface area contributed by atoms with Crippen LogP contribution in [-0.2, 0) is 0 Å². The molecule has 0 amide bonds. The Morgan fingerprint density at radius 3 is 2.93 bits per heavy atom. The topological polar surface area (TPSA) is 48.8 Å². The molecule has 80 valence electrons. The van der Waals surface area contributed by atoms with Gasteiger partial charge in [0.05, 0.1) is 6.54 Å². The minimum Gasteiger partial charge on any atom is -0.341 e. The van der Waals surface area contributed by atoms with E-state index in [0.29, 0.717) is 12.5 Å². The molecule has 0 aromatic rings. The zero-order chi connectivity index (χ0) is 10.6. The quantitative estimate of drug-likeness (QED) is 0.669. The van der Waals surface area contributed by atoms with Crippen molar-refractivity contribution in [2.24, 2.45) is 22.2 Å². The molecule has 2 N–H and O–H groups in total. The molecule has 0 radical (unpaired) electrons. The molecule has 1 unspecified atom stereocenters. The Bertz CT molecular complexity index is 239. The summed E-state index contributed by atoms with van der Waals surface area (Å²) in [6, 6.07) is 0. The van der Waals surface area contributed by atoms with Gasteiger partial charge in [-0.25, -0.2) is 0 Å². The first-order chi connectivity index (χ1) is 6.65. The molecule has 0 saturated heterocycles. The molecule has 0 bridgehead atoms. The normalized spacial score (nSPS) is 33.4. The monoisotopic (exact) mass is 200 g/mol. The van der Waals surface area contributed by atoms with Gasteiger partial charge in [-0.05, 0) is 18.9 Å². The van der Waals surface area contributed by atoms with E-state index < -0.39 is 0 Å². The summed E-state index contributed by atoms with van der Waals surface area (Å²) in [5, 5.41) is 10.4. The van der Waals surface area contributed by atoms with Gasteiger partial charge in [-0.15, -0.1) is 0 Å². The van der Waals surface area contributed by atoms with E-state index in [1.165, 1.54) is 6.08 Å². The predicted octanol–water partition coefficient (Wildman–Crippen LogP) is 1.98. The zero-order valence-corrected chi connectivity index (χ0v) is 8.79. The van der Waals surface area contributed by atoms with Crippen LogP contribution in [0.15, 0.2) is 22.4 Å². The van der Waals surface area contributed by atoms with Crippen LogP contribution in [0.2, 0.25) is 0 Å². The Balaban J connectivity index is 2.61. The van der Waals surface area contributed by atoms with Crippen LogP contribution in [0.25, 0.3) is 0 Å². The molecule has 0 spiro atoms. The van der Waals surface area contributed by atoms with E-state index in [2.05, 4.69) is 34.9 Å². The first kappa shape index (κ1) is 10.9. The van der Waals surface area contributed by atoms with Crippen molar-refractivity contribution in [2.75, 3.05) is 6.54 Å². The average Bonchev–Trinajstić information content (AvgIpc) is 2.33. The smallest absolute Gasteiger partial charge is 0.184 e. The van der Waals surface area contributed by atoms with Crippen LogP contribution >= 0.6 is 0 Å². The van der Waals surface area contributed by atoms with E-state index >= 15 is 0 Å². The summed E-state index contributed by atoms with van der Waals surface area (Å²) < 4.78 is 13.0. The molecule has 0 aromatic carbocycles. The fraction of sp³-hybridized carbons (Fsp3) is 0.778. The number of nitrogens with one attached hydrogen (secondary N) is 2. The summed E-state index contributed by atoms with van der Waals surface area (Å²) >= 11 is 0. The third-order valence-electron chi connectivity index (χ3n) is 2.61. The van der Waals surface area contributed by atoms with Crippen LogP contribution in [0.1, 0.15) is 20.8 Å². The maximum absolute atomic E-state index is 13.0. The van der Waals surface area contributed by atoms with Crippen molar-refractivity contribution in [1.82, 2.24) is 10.7 Å². The first-order valence-electron chi connectivity index (χ1n) is 4.85. The fourth-order valence-corrected chi connectivity index (χ4v) is 1.28. The van der Waals surface area contributed by atoms with Crippen molar-refractivity contribution < 1.29 is 4.39 Å². The second-order valence-electron chi connectivity index (χ2n) is 3.65. The van der Waals surface area contributed by atoms with Crippen LogP contribution in [0.5, 0.6) is 0 Å². The molecule has 1 heterocycles. The molecule has 0 aromatic heterocycles. The van der Waals surface area contributed by atoms with Gasteiger partial charge in [0, 0.05) is 5.92 Å². The van der Waals surface area contributed by atoms with Crippen LogP contribution in [0.4, 0.5) is 4.39 Å². The highest BCUT2D eigenvalue weighted by atomic mass is 19.1. The van der Waals surface area contributed by atoms with Gasteiger partial charge in [-0.1, -0.05) is 19.1 Å². The molecule has 1 rings (SSSR count). The maximum atomic E-state index is 13.0. The van der Waals surface area contributed by atoms with Crippen molar-refractivity contribution in [3.8, 4) is 0 Å². The molecule has 0 fully saturated rings. The molecule has 3 atom stereocenters. The van der Waals surface area contributed by atoms with Crippen molar-refractivity contribution >= 4 is 0 Å². The summed E-state index contributed by atoms with van der Waals surface area (Å²) in [5.41, 5.74) is 2.79. The number of rotatable bonds is 2. The molecule has 5 heteroatoms. The third-order valence-corrected chi connectivity index (χ3v) is 2.61. The lowest BCUT2D eigenvalue weighted by Crippen LogP contribution is -2.44. The second-order valence-corrected chi connectivity index (χ2v) is 3.65. The molecule has 0 saturated carbocycles. The first-order valence-corrected chi connectivity index (χ1v) is 4.85. The van der Waals surface area contributed by atoms with Crippen LogP contribution < -0.4 is 10.7 Å². The Morgan fingerprint density at radius 2 is 2.29 bits per heavy atom. The summed E-state index contributed by atoms with van der Waals surface area (Å²) in [7, 11) is 0. The van der Waals surface area contributed by atoms with Gasteiger partial charge in [-0.2, -0.15) is 9.50 Å². The van der Waals surface area contributed by atoms with Gasteiger partial charge in [0.25, 0.3) is 0 Å². The highest BCUT2D eigenvalue weighted by Crippen LogP contribution is 2.17. The number of hydrogen-bond donors (Lipinski definition) is 2. The van der Waals surface area contributed by atoms with E-state index in [1.807, 2.05) is 0 Å². The maximum Gasteiger partial charge on any atom is 0.184 e. The summed E-state index contributed by atoms with van der Waals surface area (Å²) in [6.07, 6.45) is 1.20. The van der Waals surface area contributed by atoms with Gasteiger partial charge >= 0.3 is 0 Å². The largest absolute Gasteiger partial charge is 0.341 e. The minimum atomic E-state index is -0.335. The van der Waals surface area contributed by atoms with Crippen molar-refractivity contribution in [3.05, 3.63) is 12.0 Å². The van der Waals surface area contributed by atoms with Crippen molar-refractivity contribution in [1.29, 1.82) is 0 Å². The van der Waals surface area contributed by atoms with Crippen LogP contribution in [-0.4, -0.2) is 12.7 Å². The van der Waals surface area contributed by atoms with Gasteiger partial charge in [0.15, 0.2) is 5.95 Å². The van der Waals surface area contributed by atoms with E-state index in [0.717, 1.165) is 0 Å². The molecule has 14 heavy (non-hydrogen) atoms. The Kier molecular flexibility index (Phi) is 3.85. The number of nitrogens with zero attached hydrogens (tertiary/aromatic N) is 2. The summed E-state index contributed by atoms with van der Waals surface area (Å²) in [6.45, 7) is 6.46.